The summed E-state index contributed by atoms with van der Waals surface area (Å²) in [6.07, 6.45) is 3.51. The minimum absolute atomic E-state index is 0.0313. The molecular weight excluding hydrogens is 607 g/mol. The highest BCUT2D eigenvalue weighted by Crippen LogP contribution is 2.41. The van der Waals surface area contributed by atoms with Gasteiger partial charge in [-0.05, 0) is 86.7 Å². The van der Waals surface area contributed by atoms with E-state index in [1.165, 1.54) is 6.07 Å². The molecule has 43 heavy (non-hydrogen) atoms. The number of ether oxygens (including phenoxy) is 1. The maximum Gasteiger partial charge on any atom is 0.266 e. The molecule has 0 radical (unpaired) electrons. The number of carbonyl (C=O) groups excluding carboxylic acids is 1. The minimum atomic E-state index is -3.31. The third-order valence-electron chi connectivity index (χ3n) is 8.49. The second-order valence-corrected chi connectivity index (χ2v) is 14.7. The number of rotatable bonds is 9. The van der Waals surface area contributed by atoms with E-state index in [0.29, 0.717) is 31.8 Å². The van der Waals surface area contributed by atoms with Crippen molar-refractivity contribution in [3.05, 3.63) is 81.4 Å². The van der Waals surface area contributed by atoms with Gasteiger partial charge in [0.1, 0.15) is 16.4 Å². The van der Waals surface area contributed by atoms with Crippen LogP contribution >= 0.6 is 22.9 Å². The molecule has 1 amide bonds. The normalized spacial score (nSPS) is 17.3. The maximum absolute atomic E-state index is 14.8. The van der Waals surface area contributed by atoms with Gasteiger partial charge in [-0.25, -0.2) is 12.8 Å². The molecule has 1 heterocycles. The van der Waals surface area contributed by atoms with E-state index in [0.717, 1.165) is 59.3 Å². The van der Waals surface area contributed by atoms with Gasteiger partial charge in [0.25, 0.3) is 5.91 Å². The van der Waals surface area contributed by atoms with Gasteiger partial charge in [0, 0.05) is 29.6 Å². The topological polar surface area (TPSA) is 75.7 Å². The Labute approximate surface area is 261 Å². The van der Waals surface area contributed by atoms with Crippen LogP contribution in [0.4, 0.5) is 4.39 Å². The fourth-order valence-corrected chi connectivity index (χ4v) is 8.40. The van der Waals surface area contributed by atoms with Crippen molar-refractivity contribution in [2.45, 2.75) is 63.1 Å². The monoisotopic (exact) mass is 642 g/mol. The molecule has 5 rings (SSSR count). The Hall–Kier alpha value is -2.98. The molecular formula is C33H36ClFN2O4S2. The Balaban J connectivity index is 1.54. The summed E-state index contributed by atoms with van der Waals surface area (Å²) < 4.78 is 45.5. The first-order valence-electron chi connectivity index (χ1n) is 14.4. The molecule has 0 unspecified atom stereocenters. The molecule has 228 valence electrons. The van der Waals surface area contributed by atoms with Crippen LogP contribution in [0.1, 0.15) is 53.4 Å². The Morgan fingerprint density at radius 2 is 1.74 bits per heavy atom. The van der Waals surface area contributed by atoms with E-state index >= 15 is 0 Å². The smallest absolute Gasteiger partial charge is 0.266 e. The van der Waals surface area contributed by atoms with Gasteiger partial charge in [0.05, 0.1) is 27.5 Å². The number of amides is 1. The van der Waals surface area contributed by atoms with Crippen LogP contribution in [-0.4, -0.2) is 51.2 Å². The van der Waals surface area contributed by atoms with Crippen molar-refractivity contribution < 1.29 is 22.3 Å². The number of hydrogen-bond donors (Lipinski definition) is 1. The van der Waals surface area contributed by atoms with Crippen LogP contribution in [0.5, 0.6) is 5.75 Å². The summed E-state index contributed by atoms with van der Waals surface area (Å²) in [5.41, 5.74) is 3.36. The Bertz CT molecular complexity index is 1750. The molecule has 0 bridgehead atoms. The lowest BCUT2D eigenvalue weighted by Crippen LogP contribution is -2.44. The Morgan fingerprint density at radius 1 is 1.07 bits per heavy atom. The molecule has 1 aromatic heterocycles. The lowest BCUT2D eigenvalue weighted by Gasteiger charge is -2.37. The molecule has 0 aliphatic heterocycles. The number of thiophene rings is 1. The minimum Gasteiger partial charge on any atom is -0.496 e. The first-order valence-corrected chi connectivity index (χ1v) is 17.3. The molecule has 1 N–H and O–H groups in total. The largest absolute Gasteiger partial charge is 0.496 e. The van der Waals surface area contributed by atoms with Gasteiger partial charge in [-0.15, -0.1) is 11.3 Å². The average Bonchev–Trinajstić information content (AvgIpc) is 3.39. The summed E-state index contributed by atoms with van der Waals surface area (Å²) in [6.45, 7) is 3.77. The van der Waals surface area contributed by atoms with Gasteiger partial charge in [-0.3, -0.25) is 4.79 Å². The summed E-state index contributed by atoms with van der Waals surface area (Å²) in [4.78, 5) is 16.8. The van der Waals surface area contributed by atoms with Crippen molar-refractivity contribution >= 4 is 48.8 Å². The Morgan fingerprint density at radius 3 is 2.35 bits per heavy atom. The zero-order chi connectivity index (χ0) is 30.9. The van der Waals surface area contributed by atoms with Crippen LogP contribution in [0.25, 0.3) is 21.2 Å². The van der Waals surface area contributed by atoms with E-state index in [4.69, 9.17) is 16.3 Å². The van der Waals surface area contributed by atoms with Gasteiger partial charge < -0.3 is 15.0 Å². The van der Waals surface area contributed by atoms with Gasteiger partial charge in [0.15, 0.2) is 9.84 Å². The van der Waals surface area contributed by atoms with E-state index in [-0.39, 0.29) is 35.0 Å². The number of nitrogens with zero attached hydrogens (tertiary/aromatic N) is 1. The summed E-state index contributed by atoms with van der Waals surface area (Å²) in [5, 5.41) is 4.23. The zero-order valence-corrected chi connectivity index (χ0v) is 27.1. The maximum atomic E-state index is 14.8. The van der Waals surface area contributed by atoms with E-state index < -0.39 is 9.84 Å². The first-order chi connectivity index (χ1) is 20.6. The summed E-state index contributed by atoms with van der Waals surface area (Å²) in [6, 6.07) is 16.1. The third-order valence-corrected chi connectivity index (χ3v) is 11.9. The fraction of sp³-hybridized carbons (Fsp3) is 0.364. The number of carbonyl (C=O) groups is 1. The van der Waals surface area contributed by atoms with Crippen molar-refractivity contribution in [1.82, 2.24) is 10.2 Å². The predicted octanol–water partition coefficient (Wildman–Crippen LogP) is 7.64. The number of hydrogen-bond acceptors (Lipinski definition) is 6. The van der Waals surface area contributed by atoms with Crippen molar-refractivity contribution in [2.75, 3.05) is 19.9 Å². The molecule has 0 saturated heterocycles. The molecule has 10 heteroatoms. The number of methoxy groups -OCH3 is 1. The van der Waals surface area contributed by atoms with Crippen molar-refractivity contribution in [2.24, 2.45) is 0 Å². The number of nitrogens with one attached hydrogen (secondary N) is 1. The molecule has 3 aromatic carbocycles. The molecule has 0 spiro atoms. The number of sulfone groups is 1. The molecule has 1 fully saturated rings. The highest BCUT2D eigenvalue weighted by molar-refractivity contribution is 7.91. The second kappa shape index (κ2) is 12.9. The van der Waals surface area contributed by atoms with Crippen molar-refractivity contribution in [3.63, 3.8) is 0 Å². The van der Waals surface area contributed by atoms with Crippen LogP contribution in [-0.2, 0) is 16.4 Å². The average molecular weight is 643 g/mol. The highest BCUT2D eigenvalue weighted by atomic mass is 35.5. The zero-order valence-electron chi connectivity index (χ0n) is 24.7. The summed E-state index contributed by atoms with van der Waals surface area (Å²) in [5.74, 6) is 0.0639. The van der Waals surface area contributed by atoms with E-state index in [9.17, 15) is 17.6 Å². The first kappa shape index (κ1) is 31.4. The molecule has 1 aliphatic carbocycles. The number of halogens is 2. The second-order valence-electron chi connectivity index (χ2n) is 11.0. The fourth-order valence-electron chi connectivity index (χ4n) is 5.89. The molecule has 1 saturated carbocycles. The van der Waals surface area contributed by atoms with E-state index in [1.807, 2.05) is 37.1 Å². The van der Waals surface area contributed by atoms with Crippen LogP contribution < -0.4 is 10.1 Å². The van der Waals surface area contributed by atoms with Crippen LogP contribution in [0, 0.1) is 12.7 Å². The standard InChI is InChI=1S/C33H36ClFN2O4S2/c1-5-43(39,40)26-14-7-21(8-15-26)22-9-17-28(41-4)23(18-22)19-37(25-12-10-24(36-3)11-13-25)33(38)32-30(34)29-20(2)6-16-27(35)31(29)42-32/h6-9,14-18,24-25,36H,5,10-13,19H2,1-4H3/t24-,25-. The van der Waals surface area contributed by atoms with Gasteiger partial charge >= 0.3 is 0 Å². The van der Waals surface area contributed by atoms with Crippen LogP contribution in [0.15, 0.2) is 59.5 Å². The summed E-state index contributed by atoms with van der Waals surface area (Å²) >= 11 is 7.90. The van der Waals surface area contributed by atoms with Crippen molar-refractivity contribution in [1.29, 1.82) is 0 Å². The summed E-state index contributed by atoms with van der Waals surface area (Å²) in [7, 11) is 0.252. The van der Waals surface area contributed by atoms with E-state index in [1.54, 1.807) is 44.4 Å². The third kappa shape index (κ3) is 6.32. The lowest BCUT2D eigenvalue weighted by atomic mass is 9.89. The lowest BCUT2D eigenvalue weighted by molar-refractivity contribution is 0.0604. The highest BCUT2D eigenvalue weighted by Gasteiger charge is 2.33. The van der Waals surface area contributed by atoms with E-state index in [2.05, 4.69) is 5.32 Å². The van der Waals surface area contributed by atoms with Crippen LogP contribution in [0.3, 0.4) is 0 Å². The Kier molecular flexibility index (Phi) is 9.46. The predicted molar refractivity (Wildman–Crippen MR) is 173 cm³/mol. The molecule has 1 aliphatic rings. The van der Waals surface area contributed by atoms with Gasteiger partial charge in [-0.1, -0.05) is 42.8 Å². The van der Waals surface area contributed by atoms with Gasteiger partial charge in [0.2, 0.25) is 0 Å². The molecule has 4 aromatic rings. The molecule has 6 nitrogen and oxygen atoms in total. The number of fused-ring (bicyclic) bond motifs is 1. The number of aryl methyl sites for hydroxylation is 1. The van der Waals surface area contributed by atoms with Gasteiger partial charge in [-0.2, -0.15) is 0 Å². The van der Waals surface area contributed by atoms with Crippen LogP contribution in [0.2, 0.25) is 5.02 Å². The number of benzene rings is 3. The molecule has 0 atom stereocenters. The SMILES string of the molecule is CCS(=O)(=O)c1ccc(-c2ccc(OC)c(CN(C(=O)c3sc4c(F)ccc(C)c4c3Cl)[C@H]3CC[C@H](NC)CC3)c2)cc1. The quantitative estimate of drug-likeness (QED) is 0.203. The van der Waals surface area contributed by atoms with Crippen molar-refractivity contribution in [3.8, 4) is 16.9 Å².